The predicted octanol–water partition coefficient (Wildman–Crippen LogP) is 4.84. The Morgan fingerprint density at radius 1 is 1.00 bits per heavy atom. The Balaban J connectivity index is 1.41. The van der Waals surface area contributed by atoms with E-state index in [0.29, 0.717) is 23.7 Å². The lowest BCUT2D eigenvalue weighted by Crippen LogP contribution is -2.13. The van der Waals surface area contributed by atoms with Crippen molar-refractivity contribution in [2.24, 2.45) is 0 Å². The van der Waals surface area contributed by atoms with Crippen molar-refractivity contribution < 1.29 is 9.18 Å². The predicted molar refractivity (Wildman–Crippen MR) is 118 cm³/mol. The summed E-state index contributed by atoms with van der Waals surface area (Å²) in [6, 6.07) is 15.5. The van der Waals surface area contributed by atoms with Gasteiger partial charge in [-0.3, -0.25) is 14.2 Å². The minimum absolute atomic E-state index is 0.278. The van der Waals surface area contributed by atoms with Crippen molar-refractivity contribution in [3.8, 4) is 0 Å². The molecule has 2 heterocycles. The van der Waals surface area contributed by atoms with Gasteiger partial charge in [0.2, 0.25) is 0 Å². The molecule has 8 heteroatoms. The van der Waals surface area contributed by atoms with Gasteiger partial charge in [0.15, 0.2) is 5.82 Å². The zero-order valence-corrected chi connectivity index (χ0v) is 17.9. The fraction of sp³-hybridized carbons (Fsp3) is 0.174. The number of aryl methyl sites for hydroxylation is 2. The molecule has 158 valence electrons. The summed E-state index contributed by atoms with van der Waals surface area (Å²) in [5.41, 5.74) is 4.48. The van der Waals surface area contributed by atoms with Gasteiger partial charge in [-0.25, -0.2) is 4.39 Å². The number of carbonyl (C=O) groups is 1. The number of carbonyl (C=O) groups excluding carboxylic acids is 1. The van der Waals surface area contributed by atoms with Crippen molar-refractivity contribution >= 4 is 23.3 Å². The number of benzene rings is 2. The average molecular weight is 438 g/mol. The molecule has 0 aliphatic carbocycles. The smallest absolute Gasteiger partial charge is 0.256 e. The van der Waals surface area contributed by atoms with Crippen LogP contribution in [0, 0.1) is 19.7 Å². The Kier molecular flexibility index (Phi) is 5.86. The molecule has 6 nitrogen and oxygen atoms in total. The SMILES string of the molecule is Cc1cc(C)n(Cc2ccc(C(=O)Nc3nn(Cc4ccc(F)cc4)cc3Cl)cc2)n1. The van der Waals surface area contributed by atoms with E-state index in [0.717, 1.165) is 22.5 Å². The highest BCUT2D eigenvalue weighted by atomic mass is 35.5. The number of halogens is 2. The monoisotopic (exact) mass is 437 g/mol. The highest BCUT2D eigenvalue weighted by Gasteiger charge is 2.13. The number of hydrogen-bond donors (Lipinski definition) is 1. The lowest BCUT2D eigenvalue weighted by atomic mass is 10.1. The second kappa shape index (κ2) is 8.73. The molecule has 0 fully saturated rings. The molecule has 1 amide bonds. The number of anilines is 1. The van der Waals surface area contributed by atoms with Crippen molar-refractivity contribution in [1.29, 1.82) is 0 Å². The summed E-state index contributed by atoms with van der Waals surface area (Å²) in [6.45, 7) is 5.03. The van der Waals surface area contributed by atoms with Crippen LogP contribution in [0.15, 0.2) is 60.8 Å². The normalized spacial score (nSPS) is 11.0. The van der Waals surface area contributed by atoms with E-state index in [9.17, 15) is 9.18 Å². The zero-order chi connectivity index (χ0) is 22.0. The van der Waals surface area contributed by atoms with Crippen molar-refractivity contribution in [1.82, 2.24) is 19.6 Å². The number of amides is 1. The van der Waals surface area contributed by atoms with E-state index in [1.807, 2.05) is 36.7 Å². The molecule has 2 aromatic carbocycles. The van der Waals surface area contributed by atoms with Crippen LogP contribution in [0.2, 0.25) is 5.02 Å². The van der Waals surface area contributed by atoms with Crippen LogP contribution in [0.4, 0.5) is 10.2 Å². The first kappa shape index (κ1) is 20.8. The van der Waals surface area contributed by atoms with Crippen LogP contribution in [-0.2, 0) is 13.1 Å². The lowest BCUT2D eigenvalue weighted by molar-refractivity contribution is 0.102. The molecule has 0 saturated heterocycles. The summed E-state index contributed by atoms with van der Waals surface area (Å²) in [6.07, 6.45) is 1.62. The molecular formula is C23H21ClFN5O. The molecule has 2 aromatic heterocycles. The van der Waals surface area contributed by atoms with Gasteiger partial charge in [0.1, 0.15) is 10.8 Å². The van der Waals surface area contributed by atoms with Crippen molar-refractivity contribution in [2.75, 3.05) is 5.32 Å². The Hall–Kier alpha value is -3.45. The van der Waals surface area contributed by atoms with E-state index in [2.05, 4.69) is 15.5 Å². The van der Waals surface area contributed by atoms with E-state index in [1.165, 1.54) is 12.1 Å². The summed E-state index contributed by atoms with van der Waals surface area (Å²) in [5.74, 6) is -0.316. The molecule has 0 atom stereocenters. The van der Waals surface area contributed by atoms with Gasteiger partial charge >= 0.3 is 0 Å². The quantitative estimate of drug-likeness (QED) is 0.469. The molecule has 0 unspecified atom stereocenters. The third kappa shape index (κ3) is 5.00. The second-order valence-corrected chi connectivity index (χ2v) is 7.79. The van der Waals surface area contributed by atoms with Crippen LogP contribution in [-0.4, -0.2) is 25.5 Å². The van der Waals surface area contributed by atoms with Crippen LogP contribution in [0.25, 0.3) is 0 Å². The van der Waals surface area contributed by atoms with E-state index >= 15 is 0 Å². The molecular weight excluding hydrogens is 417 g/mol. The molecule has 1 N–H and O–H groups in total. The summed E-state index contributed by atoms with van der Waals surface area (Å²) in [7, 11) is 0. The summed E-state index contributed by atoms with van der Waals surface area (Å²) in [5, 5.41) is 11.9. The molecule has 4 rings (SSSR count). The minimum Gasteiger partial charge on any atom is -0.304 e. The minimum atomic E-state index is -0.299. The van der Waals surface area contributed by atoms with E-state index in [1.54, 1.807) is 35.1 Å². The summed E-state index contributed by atoms with van der Waals surface area (Å²) in [4.78, 5) is 12.6. The van der Waals surface area contributed by atoms with Gasteiger partial charge in [-0.15, -0.1) is 0 Å². The highest BCUT2D eigenvalue weighted by molar-refractivity contribution is 6.33. The van der Waals surface area contributed by atoms with Gasteiger partial charge < -0.3 is 5.32 Å². The fourth-order valence-electron chi connectivity index (χ4n) is 3.29. The zero-order valence-electron chi connectivity index (χ0n) is 17.1. The first-order valence-corrected chi connectivity index (χ1v) is 10.1. The van der Waals surface area contributed by atoms with Crippen LogP contribution in [0.3, 0.4) is 0 Å². The molecule has 0 aliphatic rings. The number of aromatic nitrogens is 4. The van der Waals surface area contributed by atoms with E-state index in [-0.39, 0.29) is 17.5 Å². The van der Waals surface area contributed by atoms with Crippen molar-refractivity contribution in [2.45, 2.75) is 26.9 Å². The topological polar surface area (TPSA) is 64.7 Å². The van der Waals surface area contributed by atoms with Gasteiger partial charge in [0.05, 0.1) is 18.8 Å². The Labute approximate surface area is 184 Å². The third-order valence-electron chi connectivity index (χ3n) is 4.86. The first-order valence-electron chi connectivity index (χ1n) is 9.76. The number of nitrogens with zero attached hydrogens (tertiary/aromatic N) is 4. The van der Waals surface area contributed by atoms with E-state index in [4.69, 9.17) is 11.6 Å². The Morgan fingerprint density at radius 3 is 2.29 bits per heavy atom. The van der Waals surface area contributed by atoms with Crippen LogP contribution < -0.4 is 5.32 Å². The van der Waals surface area contributed by atoms with Gasteiger partial charge in [-0.05, 0) is 55.3 Å². The third-order valence-corrected chi connectivity index (χ3v) is 5.14. The summed E-state index contributed by atoms with van der Waals surface area (Å²) >= 11 is 6.23. The second-order valence-electron chi connectivity index (χ2n) is 7.39. The highest BCUT2D eigenvalue weighted by Crippen LogP contribution is 2.21. The number of nitrogens with one attached hydrogen (secondary N) is 1. The molecule has 0 bridgehead atoms. The van der Waals surface area contributed by atoms with Gasteiger partial charge in [0, 0.05) is 17.5 Å². The van der Waals surface area contributed by atoms with Crippen molar-refractivity contribution in [3.05, 3.63) is 99.7 Å². The van der Waals surface area contributed by atoms with Crippen molar-refractivity contribution in [3.63, 3.8) is 0 Å². The first-order chi connectivity index (χ1) is 14.9. The lowest BCUT2D eigenvalue weighted by Gasteiger charge is -2.07. The Bertz CT molecular complexity index is 1210. The van der Waals surface area contributed by atoms with Crippen LogP contribution in [0.5, 0.6) is 0 Å². The summed E-state index contributed by atoms with van der Waals surface area (Å²) < 4.78 is 16.6. The molecule has 0 radical (unpaired) electrons. The maximum absolute atomic E-state index is 13.1. The largest absolute Gasteiger partial charge is 0.304 e. The molecule has 0 spiro atoms. The molecule has 0 aliphatic heterocycles. The van der Waals surface area contributed by atoms with Crippen LogP contribution >= 0.6 is 11.6 Å². The van der Waals surface area contributed by atoms with Crippen LogP contribution in [0.1, 0.15) is 32.9 Å². The maximum Gasteiger partial charge on any atom is 0.256 e. The number of rotatable bonds is 6. The van der Waals surface area contributed by atoms with E-state index < -0.39 is 0 Å². The van der Waals surface area contributed by atoms with Gasteiger partial charge in [-0.1, -0.05) is 35.9 Å². The maximum atomic E-state index is 13.1. The molecule has 4 aromatic rings. The van der Waals surface area contributed by atoms with Gasteiger partial charge in [-0.2, -0.15) is 10.2 Å². The van der Waals surface area contributed by atoms with Gasteiger partial charge in [0.25, 0.3) is 5.91 Å². The molecule has 0 saturated carbocycles. The fourth-order valence-corrected chi connectivity index (χ4v) is 3.49. The standard InChI is InChI=1S/C23H21ClFN5O/c1-15-11-16(2)30(27-15)13-18-3-7-19(8-4-18)23(31)26-22-21(24)14-29(28-22)12-17-5-9-20(25)10-6-17/h3-11,14H,12-13H2,1-2H3,(H,26,28,31). The Morgan fingerprint density at radius 2 is 1.65 bits per heavy atom. The molecule has 31 heavy (non-hydrogen) atoms. The number of hydrogen-bond acceptors (Lipinski definition) is 3. The average Bonchev–Trinajstić information content (AvgIpc) is 3.24.